The molecule has 2 rings (SSSR count). The molecule has 1 aliphatic rings. The summed E-state index contributed by atoms with van der Waals surface area (Å²) in [6.45, 7) is 4.17. The van der Waals surface area contributed by atoms with Gasteiger partial charge in [0, 0.05) is 5.69 Å². The van der Waals surface area contributed by atoms with Crippen molar-refractivity contribution in [3.8, 4) is 0 Å². The lowest BCUT2D eigenvalue weighted by atomic mass is 10.1. The van der Waals surface area contributed by atoms with Crippen molar-refractivity contribution in [3.05, 3.63) is 29.8 Å². The predicted molar refractivity (Wildman–Crippen MR) is 72.6 cm³/mol. The van der Waals surface area contributed by atoms with E-state index in [9.17, 15) is 4.79 Å². The molecule has 5 nitrogen and oxygen atoms in total. The topological polar surface area (TPSA) is 70.9 Å². The number of hydrogen-bond acceptors (Lipinski definition) is 4. The van der Waals surface area contributed by atoms with Crippen molar-refractivity contribution in [1.29, 1.82) is 0 Å². The second-order valence-corrected chi connectivity index (χ2v) is 4.83. The largest absolute Gasteiger partial charge is 0.411 e. The summed E-state index contributed by atoms with van der Waals surface area (Å²) in [6, 6.07) is 7.19. The zero-order chi connectivity index (χ0) is 13.8. The van der Waals surface area contributed by atoms with Gasteiger partial charge in [-0.1, -0.05) is 17.3 Å². The third-order valence-corrected chi connectivity index (χ3v) is 3.29. The highest BCUT2D eigenvalue weighted by Crippen LogP contribution is 2.21. The molecule has 0 radical (unpaired) electrons. The Bertz CT molecular complexity index is 482. The van der Waals surface area contributed by atoms with E-state index < -0.39 is 0 Å². The lowest BCUT2D eigenvalue weighted by molar-refractivity contribution is -0.119. The van der Waals surface area contributed by atoms with Gasteiger partial charge in [0.05, 0.1) is 24.3 Å². The SMILES string of the molecule is C/C(=N\O)c1ccc(NC(=O)C2COC(C)C2)cc1. The second-order valence-electron chi connectivity index (χ2n) is 4.83. The quantitative estimate of drug-likeness (QED) is 0.498. The molecule has 2 unspecified atom stereocenters. The lowest BCUT2D eigenvalue weighted by Gasteiger charge is -2.09. The molecular weight excluding hydrogens is 244 g/mol. The molecule has 1 saturated heterocycles. The maximum atomic E-state index is 12.0. The number of ether oxygens (including phenoxy) is 1. The Morgan fingerprint density at radius 3 is 2.63 bits per heavy atom. The highest BCUT2D eigenvalue weighted by Gasteiger charge is 2.28. The van der Waals surface area contributed by atoms with Crippen molar-refractivity contribution in [2.45, 2.75) is 26.4 Å². The Kier molecular flexibility index (Phi) is 4.16. The van der Waals surface area contributed by atoms with E-state index >= 15 is 0 Å². The maximum absolute atomic E-state index is 12.0. The minimum absolute atomic E-state index is 0.00959. The summed E-state index contributed by atoms with van der Waals surface area (Å²) in [6.07, 6.45) is 0.918. The van der Waals surface area contributed by atoms with Gasteiger partial charge >= 0.3 is 0 Å². The second kappa shape index (κ2) is 5.84. The number of carbonyl (C=O) groups is 1. The molecule has 1 aromatic rings. The molecule has 2 N–H and O–H groups in total. The first-order valence-corrected chi connectivity index (χ1v) is 6.31. The van der Waals surface area contributed by atoms with E-state index in [-0.39, 0.29) is 17.9 Å². The Morgan fingerprint density at radius 2 is 2.11 bits per heavy atom. The fourth-order valence-corrected chi connectivity index (χ4v) is 2.10. The van der Waals surface area contributed by atoms with E-state index in [0.717, 1.165) is 17.7 Å². The molecule has 0 aromatic heterocycles. The van der Waals surface area contributed by atoms with Gasteiger partial charge in [0.1, 0.15) is 0 Å². The number of oxime groups is 1. The van der Waals surface area contributed by atoms with E-state index in [0.29, 0.717) is 12.3 Å². The summed E-state index contributed by atoms with van der Waals surface area (Å²) >= 11 is 0. The molecule has 0 saturated carbocycles. The normalized spacial score (nSPS) is 23.4. The molecule has 1 amide bonds. The van der Waals surface area contributed by atoms with Gasteiger partial charge in [-0.25, -0.2) is 0 Å². The van der Waals surface area contributed by atoms with Crippen molar-refractivity contribution in [2.75, 3.05) is 11.9 Å². The standard InChI is InChI=1S/C14H18N2O3/c1-9-7-12(8-19-9)14(17)15-13-5-3-11(4-6-13)10(2)16-18/h3-6,9,12,18H,7-8H2,1-2H3,(H,15,17)/b16-10+. The van der Waals surface area contributed by atoms with E-state index in [2.05, 4.69) is 10.5 Å². The van der Waals surface area contributed by atoms with Gasteiger partial charge in [-0.15, -0.1) is 0 Å². The van der Waals surface area contributed by atoms with Crippen molar-refractivity contribution >= 4 is 17.3 Å². The summed E-state index contributed by atoms with van der Waals surface area (Å²) < 4.78 is 5.39. The number of hydrogen-bond donors (Lipinski definition) is 2. The van der Waals surface area contributed by atoms with Gasteiger partial charge in [0.15, 0.2) is 0 Å². The van der Waals surface area contributed by atoms with Gasteiger partial charge in [-0.2, -0.15) is 0 Å². The monoisotopic (exact) mass is 262 g/mol. The lowest BCUT2D eigenvalue weighted by Crippen LogP contribution is -2.23. The smallest absolute Gasteiger partial charge is 0.229 e. The average Bonchev–Trinajstić information content (AvgIpc) is 2.85. The molecule has 1 aromatic carbocycles. The molecule has 5 heteroatoms. The van der Waals surface area contributed by atoms with Gasteiger partial charge < -0.3 is 15.3 Å². The molecular formula is C14H18N2O3. The summed E-state index contributed by atoms with van der Waals surface area (Å²) in [5.74, 6) is -0.0833. The number of carbonyl (C=O) groups excluding carboxylic acids is 1. The van der Waals surface area contributed by atoms with Crippen LogP contribution in [0.25, 0.3) is 0 Å². The van der Waals surface area contributed by atoms with E-state index in [1.807, 2.05) is 6.92 Å². The van der Waals surface area contributed by atoms with Crippen LogP contribution in [0, 0.1) is 5.92 Å². The van der Waals surface area contributed by atoms with Crippen molar-refractivity contribution in [3.63, 3.8) is 0 Å². The van der Waals surface area contributed by atoms with Crippen LogP contribution in [0.4, 0.5) is 5.69 Å². The number of amides is 1. The van der Waals surface area contributed by atoms with E-state index in [1.165, 1.54) is 0 Å². The zero-order valence-electron chi connectivity index (χ0n) is 11.1. The fraction of sp³-hybridized carbons (Fsp3) is 0.429. The first-order valence-electron chi connectivity index (χ1n) is 6.31. The van der Waals surface area contributed by atoms with Crippen LogP contribution < -0.4 is 5.32 Å². The van der Waals surface area contributed by atoms with Crippen LogP contribution in [0.3, 0.4) is 0 Å². The van der Waals surface area contributed by atoms with Crippen LogP contribution in [0.15, 0.2) is 29.4 Å². The molecule has 19 heavy (non-hydrogen) atoms. The summed E-state index contributed by atoms with van der Waals surface area (Å²) in [5, 5.41) is 14.7. The molecule has 1 heterocycles. The van der Waals surface area contributed by atoms with E-state index in [4.69, 9.17) is 9.94 Å². The number of benzene rings is 1. The van der Waals surface area contributed by atoms with Crippen LogP contribution in [0.1, 0.15) is 25.8 Å². The molecule has 1 fully saturated rings. The molecule has 1 aliphatic heterocycles. The van der Waals surface area contributed by atoms with Crippen LogP contribution in [0.5, 0.6) is 0 Å². The van der Waals surface area contributed by atoms with Gasteiger partial charge in [-0.3, -0.25) is 4.79 Å². The van der Waals surface area contributed by atoms with Crippen LogP contribution in [-0.2, 0) is 9.53 Å². The third-order valence-electron chi connectivity index (χ3n) is 3.29. The highest BCUT2D eigenvalue weighted by atomic mass is 16.5. The Morgan fingerprint density at radius 1 is 1.42 bits per heavy atom. The fourth-order valence-electron chi connectivity index (χ4n) is 2.10. The van der Waals surface area contributed by atoms with Crippen molar-refractivity contribution in [2.24, 2.45) is 11.1 Å². The Hall–Kier alpha value is -1.88. The average molecular weight is 262 g/mol. The summed E-state index contributed by atoms with van der Waals surface area (Å²) in [5.41, 5.74) is 2.09. The first-order chi connectivity index (χ1) is 9.10. The molecule has 0 bridgehead atoms. The van der Waals surface area contributed by atoms with E-state index in [1.54, 1.807) is 31.2 Å². The molecule has 0 spiro atoms. The maximum Gasteiger partial charge on any atom is 0.229 e. The van der Waals surface area contributed by atoms with Crippen LogP contribution in [-0.4, -0.2) is 29.5 Å². The number of nitrogens with one attached hydrogen (secondary N) is 1. The number of anilines is 1. The Balaban J connectivity index is 1.98. The molecule has 102 valence electrons. The molecule has 2 atom stereocenters. The van der Waals surface area contributed by atoms with Crippen molar-refractivity contribution < 1.29 is 14.7 Å². The first kappa shape index (κ1) is 13.5. The highest BCUT2D eigenvalue weighted by molar-refractivity contribution is 5.99. The van der Waals surface area contributed by atoms with Gasteiger partial charge in [-0.05, 0) is 38.0 Å². The predicted octanol–water partition coefficient (Wildman–Crippen LogP) is 2.25. The van der Waals surface area contributed by atoms with Gasteiger partial charge in [0.2, 0.25) is 5.91 Å². The van der Waals surface area contributed by atoms with Crippen LogP contribution >= 0.6 is 0 Å². The Labute approximate surface area is 112 Å². The third kappa shape index (κ3) is 3.32. The number of nitrogens with zero attached hydrogens (tertiary/aromatic N) is 1. The van der Waals surface area contributed by atoms with Gasteiger partial charge in [0.25, 0.3) is 0 Å². The van der Waals surface area contributed by atoms with Crippen LogP contribution in [0.2, 0.25) is 0 Å². The zero-order valence-corrected chi connectivity index (χ0v) is 11.1. The number of rotatable bonds is 3. The molecule has 0 aliphatic carbocycles. The minimum atomic E-state index is -0.0737. The van der Waals surface area contributed by atoms with Crippen molar-refractivity contribution in [1.82, 2.24) is 0 Å². The summed E-state index contributed by atoms with van der Waals surface area (Å²) in [7, 11) is 0. The summed E-state index contributed by atoms with van der Waals surface area (Å²) in [4.78, 5) is 12.0. The minimum Gasteiger partial charge on any atom is -0.411 e.